The normalized spacial score (nSPS) is 21.8. The van der Waals surface area contributed by atoms with Crippen LogP contribution >= 0.6 is 104 Å². The third kappa shape index (κ3) is 6.07. The Hall–Kier alpha value is -2.97. The van der Waals surface area contributed by atoms with Crippen molar-refractivity contribution in [1.82, 2.24) is 0 Å². The Kier molecular flexibility index (Phi) is 11.1. The fourth-order valence-corrected chi connectivity index (χ4v) is 14.0. The van der Waals surface area contributed by atoms with Crippen LogP contribution in [0.1, 0.15) is 70.8 Å². The number of ether oxygens (including phenoxy) is 3. The van der Waals surface area contributed by atoms with Crippen molar-refractivity contribution in [1.29, 1.82) is 0 Å². The summed E-state index contributed by atoms with van der Waals surface area (Å²) in [5, 5.41) is 3.15. The minimum Gasteiger partial charge on any atom is -0.374 e. The molecule has 0 radical (unpaired) electrons. The van der Waals surface area contributed by atoms with Gasteiger partial charge in [0.15, 0.2) is 0 Å². The summed E-state index contributed by atoms with van der Waals surface area (Å²) in [6.07, 6.45) is 0. The smallest absolute Gasteiger partial charge is 0.142 e. The number of hydrogen-bond acceptors (Lipinski definition) is 3. The van der Waals surface area contributed by atoms with Gasteiger partial charge in [-0.2, -0.15) is 0 Å². The molecule has 0 unspecified atom stereocenters. The second kappa shape index (κ2) is 15.8. The van der Waals surface area contributed by atoms with Crippen LogP contribution < -0.4 is 0 Å². The van der Waals surface area contributed by atoms with Gasteiger partial charge in [0.05, 0.1) is 47.8 Å². The second-order valence-corrected chi connectivity index (χ2v) is 20.9. The molecule has 0 N–H and O–H groups in total. The molecule has 0 bridgehead atoms. The van der Waals surface area contributed by atoms with Crippen molar-refractivity contribution in [3.8, 4) is 0 Å². The maximum absolute atomic E-state index is 7.43. The summed E-state index contributed by atoms with van der Waals surface area (Å²) in [6, 6.07) is 34.7. The standard InChI is InChI=1S/C52H35Cl9O3/c1-49(2,3)64-24-50-31-15-9-6-12-28(31)40(43-34(56)18-25(53)19-35(43)57)46(50)52(63-5)33-17-11-8-14-30(33)42(45-38(60)22-27(55)23-39(45)61)48(52)51(62-4)32-16-10-7-13-29(32)41(47(50)51)44-36(58)20-26(54)21-37(44)59/h6-23H,24H2,1-5H3/t50-,51+,52-/m0/s1. The molecule has 4 aliphatic carbocycles. The first-order valence-electron chi connectivity index (χ1n) is 20.2. The van der Waals surface area contributed by atoms with Crippen LogP contribution in [0.25, 0.3) is 16.7 Å². The molecule has 6 aromatic rings. The summed E-state index contributed by atoms with van der Waals surface area (Å²) in [4.78, 5) is 0. The van der Waals surface area contributed by atoms with Crippen molar-refractivity contribution in [2.24, 2.45) is 0 Å². The number of methoxy groups -OCH3 is 2. The van der Waals surface area contributed by atoms with E-state index in [1.807, 2.05) is 57.2 Å². The van der Waals surface area contributed by atoms with Crippen LogP contribution in [0.15, 0.2) is 126 Å². The van der Waals surface area contributed by atoms with Gasteiger partial charge in [0.25, 0.3) is 0 Å². The first-order chi connectivity index (χ1) is 30.5. The summed E-state index contributed by atoms with van der Waals surface area (Å²) in [5.41, 5.74) is 6.02. The third-order valence-corrected chi connectivity index (χ3v) is 15.4. The predicted molar refractivity (Wildman–Crippen MR) is 267 cm³/mol. The van der Waals surface area contributed by atoms with Crippen molar-refractivity contribution < 1.29 is 14.2 Å². The zero-order chi connectivity index (χ0) is 45.4. The van der Waals surface area contributed by atoms with Gasteiger partial charge in [-0.15, -0.1) is 0 Å². The van der Waals surface area contributed by atoms with E-state index in [4.69, 9.17) is 119 Å². The molecule has 0 aliphatic heterocycles. The SMILES string of the molecule is CO[C@@]12C(=C(c3c(Cl)cc(Cl)cc3Cl)c3ccccc31)[C@]1(COC(C)(C)C)C(=C(c3c(Cl)cc(Cl)cc3Cl)c3ccccc31)[C@]1(OC)C2=C(c2c(Cl)cc(Cl)cc2Cl)c2ccccc21. The van der Waals surface area contributed by atoms with Crippen LogP contribution in [0.2, 0.25) is 45.2 Å². The average Bonchev–Trinajstić information content (AvgIpc) is 3.81. The predicted octanol–water partition coefficient (Wildman–Crippen LogP) is 17.2. The van der Waals surface area contributed by atoms with E-state index in [9.17, 15) is 0 Å². The van der Waals surface area contributed by atoms with E-state index in [2.05, 4.69) is 36.4 Å². The highest BCUT2D eigenvalue weighted by Crippen LogP contribution is 2.78. The van der Waals surface area contributed by atoms with Crippen LogP contribution in [-0.4, -0.2) is 26.4 Å². The number of fused-ring (bicyclic) bond motifs is 12. The Labute approximate surface area is 417 Å². The monoisotopic (exact) mass is 1020 g/mol. The van der Waals surface area contributed by atoms with Gasteiger partial charge >= 0.3 is 0 Å². The highest BCUT2D eigenvalue weighted by Gasteiger charge is 2.75. The lowest BCUT2D eigenvalue weighted by Gasteiger charge is -2.57. The molecule has 3 nitrogen and oxygen atoms in total. The average molecular weight is 1030 g/mol. The van der Waals surface area contributed by atoms with E-state index < -0.39 is 22.2 Å². The lowest BCUT2D eigenvalue weighted by Crippen LogP contribution is -2.59. The number of rotatable bonds is 7. The maximum Gasteiger partial charge on any atom is 0.142 e. The Morgan fingerprint density at radius 3 is 1.05 bits per heavy atom. The molecule has 0 aromatic heterocycles. The fourth-order valence-electron chi connectivity index (χ4n) is 11.0. The summed E-state index contributed by atoms with van der Waals surface area (Å²) in [5.74, 6) is 0. The molecule has 1 saturated carbocycles. The molecule has 324 valence electrons. The lowest BCUT2D eigenvalue weighted by molar-refractivity contribution is -0.0684. The van der Waals surface area contributed by atoms with E-state index in [1.165, 1.54) is 0 Å². The van der Waals surface area contributed by atoms with Gasteiger partial charge in [0, 0.05) is 62.7 Å². The first-order valence-corrected chi connectivity index (χ1v) is 23.6. The summed E-state index contributed by atoms with van der Waals surface area (Å²) in [7, 11) is 3.43. The Morgan fingerprint density at radius 2 is 0.719 bits per heavy atom. The van der Waals surface area contributed by atoms with Crippen molar-refractivity contribution in [3.05, 3.63) is 221 Å². The third-order valence-electron chi connectivity index (χ3n) is 12.9. The first kappa shape index (κ1) is 44.8. The van der Waals surface area contributed by atoms with Gasteiger partial charge < -0.3 is 14.2 Å². The second-order valence-electron chi connectivity index (χ2n) is 17.2. The number of halogens is 9. The molecular weight excluding hydrogens is 992 g/mol. The van der Waals surface area contributed by atoms with Crippen LogP contribution in [0.3, 0.4) is 0 Å². The molecule has 3 atom stereocenters. The highest BCUT2D eigenvalue weighted by molar-refractivity contribution is 6.43. The van der Waals surface area contributed by atoms with Gasteiger partial charge in [0.1, 0.15) is 11.2 Å². The molecular formula is C52H35Cl9O3. The number of hydrogen-bond donors (Lipinski definition) is 0. The van der Waals surface area contributed by atoms with Gasteiger partial charge in [-0.25, -0.2) is 0 Å². The fraction of sp³-hybridized carbons (Fsp3) is 0.192. The zero-order valence-corrected chi connectivity index (χ0v) is 41.5. The van der Waals surface area contributed by atoms with Crippen molar-refractivity contribution in [2.75, 3.05) is 20.8 Å². The van der Waals surface area contributed by atoms with Crippen LogP contribution in [-0.2, 0) is 30.8 Å². The molecule has 0 spiro atoms. The van der Waals surface area contributed by atoms with E-state index in [0.717, 1.165) is 55.7 Å². The Morgan fingerprint density at radius 1 is 0.422 bits per heavy atom. The van der Waals surface area contributed by atoms with Crippen LogP contribution in [0, 0.1) is 0 Å². The lowest BCUT2D eigenvalue weighted by atomic mass is 9.51. The highest BCUT2D eigenvalue weighted by atomic mass is 35.5. The zero-order valence-electron chi connectivity index (χ0n) is 34.7. The number of benzene rings is 6. The molecule has 0 heterocycles. The maximum atomic E-state index is 7.43. The van der Waals surface area contributed by atoms with E-state index in [-0.39, 0.29) is 6.61 Å². The van der Waals surface area contributed by atoms with E-state index in [0.29, 0.717) is 73.0 Å². The molecule has 0 saturated heterocycles. The van der Waals surface area contributed by atoms with Gasteiger partial charge in [0.2, 0.25) is 0 Å². The van der Waals surface area contributed by atoms with E-state index >= 15 is 0 Å². The topological polar surface area (TPSA) is 27.7 Å². The van der Waals surface area contributed by atoms with E-state index in [1.54, 1.807) is 50.6 Å². The Balaban J connectivity index is 1.59. The van der Waals surface area contributed by atoms with Crippen LogP contribution in [0.5, 0.6) is 0 Å². The molecule has 12 heteroatoms. The molecule has 4 aliphatic rings. The van der Waals surface area contributed by atoms with Crippen LogP contribution in [0.4, 0.5) is 0 Å². The van der Waals surface area contributed by atoms with Crippen molar-refractivity contribution in [3.63, 3.8) is 0 Å². The minimum atomic E-state index is -1.50. The van der Waals surface area contributed by atoms with Crippen molar-refractivity contribution >= 4 is 121 Å². The minimum absolute atomic E-state index is 0.0777. The molecule has 64 heavy (non-hydrogen) atoms. The molecule has 10 rings (SSSR count). The summed E-state index contributed by atoms with van der Waals surface area (Å²) in [6.45, 7) is 6.17. The van der Waals surface area contributed by atoms with Gasteiger partial charge in [-0.05, 0) is 107 Å². The summed E-state index contributed by atoms with van der Waals surface area (Å²) < 4.78 is 22.1. The summed E-state index contributed by atoms with van der Waals surface area (Å²) >= 11 is 64.5. The van der Waals surface area contributed by atoms with Crippen molar-refractivity contribution in [2.45, 2.75) is 43.0 Å². The molecule has 0 amide bonds. The van der Waals surface area contributed by atoms with Gasteiger partial charge in [-0.3, -0.25) is 0 Å². The quantitative estimate of drug-likeness (QED) is 0.159. The Bertz CT molecular complexity index is 2970. The van der Waals surface area contributed by atoms with Gasteiger partial charge in [-0.1, -0.05) is 177 Å². The molecule has 6 aromatic carbocycles. The largest absolute Gasteiger partial charge is 0.374 e. The molecule has 1 fully saturated rings.